The van der Waals surface area contributed by atoms with Crippen LogP contribution in [-0.4, -0.2) is 42.0 Å². The summed E-state index contributed by atoms with van der Waals surface area (Å²) in [6.07, 6.45) is 8.71. The molecule has 1 unspecified atom stereocenters. The first-order valence-corrected chi connectivity index (χ1v) is 10.8. The first-order valence-electron chi connectivity index (χ1n) is 10.8. The summed E-state index contributed by atoms with van der Waals surface area (Å²) in [4.78, 5) is 12.1. The molecule has 158 valence electrons. The van der Waals surface area contributed by atoms with E-state index >= 15 is 0 Å². The monoisotopic (exact) mass is 409 g/mol. The summed E-state index contributed by atoms with van der Waals surface area (Å²) in [5.74, 6) is 2.17. The third-order valence-corrected chi connectivity index (χ3v) is 7.33. The predicted molar refractivity (Wildman–Crippen MR) is 111 cm³/mol. The van der Waals surface area contributed by atoms with Crippen LogP contribution in [0.4, 0.5) is 5.69 Å². The van der Waals surface area contributed by atoms with Crippen LogP contribution in [0.5, 0.6) is 0 Å². The van der Waals surface area contributed by atoms with Gasteiger partial charge >= 0.3 is 0 Å². The van der Waals surface area contributed by atoms with Gasteiger partial charge in [-0.3, -0.25) is 0 Å². The van der Waals surface area contributed by atoms with E-state index in [1.54, 1.807) is 20.0 Å². The highest BCUT2D eigenvalue weighted by atomic mass is 16.5. The van der Waals surface area contributed by atoms with Crippen LogP contribution in [-0.2, 0) is 5.60 Å². The van der Waals surface area contributed by atoms with E-state index in [0.717, 1.165) is 41.5 Å². The molecule has 0 radical (unpaired) electrons. The molecule has 3 heterocycles. The Bertz CT molecular complexity index is 1100. The van der Waals surface area contributed by atoms with Gasteiger partial charge in [0.1, 0.15) is 11.2 Å². The zero-order chi connectivity index (χ0) is 20.7. The van der Waals surface area contributed by atoms with Crippen molar-refractivity contribution < 1.29 is 14.7 Å². The molecule has 4 saturated carbocycles. The molecule has 0 aliphatic heterocycles. The summed E-state index contributed by atoms with van der Waals surface area (Å²) in [6, 6.07) is 2.32. The number of fused-ring (bicyclic) bond motifs is 1. The number of hydrogen-bond donors (Lipinski definition) is 4. The normalized spacial score (nSPS) is 32.8. The molecule has 8 nitrogen and oxygen atoms in total. The number of aromatic nitrogens is 4. The molecule has 0 spiro atoms. The van der Waals surface area contributed by atoms with Gasteiger partial charge in [-0.15, -0.1) is 0 Å². The van der Waals surface area contributed by atoms with Crippen molar-refractivity contribution in [2.24, 2.45) is 17.8 Å². The maximum Gasteiger partial charge on any atom is 0.258 e. The van der Waals surface area contributed by atoms with Crippen molar-refractivity contribution in [3.05, 3.63) is 24.4 Å². The standard InChI is InChI=1S/C22H27N5O3/c1-21(2,28)20-26-19(27-30-20)15-10-24-18-14(3-4-23-18)17(15)25-16-12-5-11-6-13(16)9-22(29,7-11)8-12/h3-4,10-13,16,28-29H,5-9H2,1-2H3,(H2,23,24,25)/t11?,12-,13+,16+,22-. The van der Waals surface area contributed by atoms with E-state index in [-0.39, 0.29) is 5.89 Å². The predicted octanol–water partition coefficient (Wildman–Crippen LogP) is 3.19. The van der Waals surface area contributed by atoms with Gasteiger partial charge in [0.05, 0.1) is 16.9 Å². The summed E-state index contributed by atoms with van der Waals surface area (Å²) in [5, 5.41) is 30.1. The number of aromatic amines is 1. The second kappa shape index (κ2) is 6.04. The number of pyridine rings is 1. The Morgan fingerprint density at radius 3 is 2.67 bits per heavy atom. The van der Waals surface area contributed by atoms with Gasteiger partial charge in [-0.1, -0.05) is 5.16 Å². The Labute approximate surface area is 174 Å². The molecule has 4 N–H and O–H groups in total. The van der Waals surface area contributed by atoms with Crippen LogP contribution in [0.1, 0.15) is 51.8 Å². The molecule has 3 aromatic heterocycles. The molecule has 0 aromatic carbocycles. The minimum atomic E-state index is -1.21. The lowest BCUT2D eigenvalue weighted by Crippen LogP contribution is -2.59. The number of rotatable bonds is 4. The first-order chi connectivity index (χ1) is 14.3. The summed E-state index contributed by atoms with van der Waals surface area (Å²) >= 11 is 0. The fraction of sp³-hybridized carbons (Fsp3) is 0.591. The van der Waals surface area contributed by atoms with E-state index in [2.05, 4.69) is 25.4 Å². The molecule has 3 aromatic rings. The molecule has 0 saturated heterocycles. The number of aliphatic hydroxyl groups is 2. The van der Waals surface area contributed by atoms with Gasteiger partial charge in [0.2, 0.25) is 5.82 Å². The van der Waals surface area contributed by atoms with Crippen LogP contribution >= 0.6 is 0 Å². The van der Waals surface area contributed by atoms with E-state index < -0.39 is 11.2 Å². The molecular weight excluding hydrogens is 382 g/mol. The van der Waals surface area contributed by atoms with Crippen molar-refractivity contribution >= 4 is 16.7 Å². The Kier molecular flexibility index (Phi) is 3.69. The largest absolute Gasteiger partial charge is 0.390 e. The third-order valence-electron chi connectivity index (χ3n) is 7.33. The van der Waals surface area contributed by atoms with Crippen molar-refractivity contribution in [2.45, 2.75) is 63.2 Å². The van der Waals surface area contributed by atoms with Gasteiger partial charge in [-0.05, 0) is 69.8 Å². The zero-order valence-electron chi connectivity index (χ0n) is 17.2. The number of H-pyrrole nitrogens is 1. The lowest BCUT2D eigenvalue weighted by atomic mass is 9.52. The maximum atomic E-state index is 10.9. The second-order valence-corrected chi connectivity index (χ2v) is 10.1. The Morgan fingerprint density at radius 1 is 1.23 bits per heavy atom. The topological polar surface area (TPSA) is 120 Å². The smallest absolute Gasteiger partial charge is 0.258 e. The Morgan fingerprint density at radius 2 is 2.00 bits per heavy atom. The molecule has 5 atom stereocenters. The Balaban J connectivity index is 1.41. The highest BCUT2D eigenvalue weighted by molar-refractivity contribution is 5.97. The molecule has 4 fully saturated rings. The molecule has 7 rings (SSSR count). The summed E-state index contributed by atoms with van der Waals surface area (Å²) < 4.78 is 5.32. The van der Waals surface area contributed by atoms with Crippen molar-refractivity contribution in [1.82, 2.24) is 20.1 Å². The third kappa shape index (κ3) is 2.77. The van der Waals surface area contributed by atoms with Gasteiger partial charge in [0, 0.05) is 23.8 Å². The van der Waals surface area contributed by atoms with E-state index in [1.807, 2.05) is 12.3 Å². The fourth-order valence-corrected chi connectivity index (χ4v) is 6.30. The molecule has 0 amide bonds. The first kappa shape index (κ1) is 18.3. The highest BCUT2D eigenvalue weighted by Crippen LogP contribution is 2.56. The minimum Gasteiger partial charge on any atom is -0.390 e. The fourth-order valence-electron chi connectivity index (χ4n) is 6.30. The molecule has 4 aliphatic carbocycles. The van der Waals surface area contributed by atoms with Crippen LogP contribution in [0, 0.1) is 17.8 Å². The average molecular weight is 409 g/mol. The van der Waals surface area contributed by atoms with E-state index in [4.69, 9.17) is 4.52 Å². The quantitative estimate of drug-likeness (QED) is 0.522. The molecule has 4 aliphatic rings. The molecule has 8 heteroatoms. The summed E-state index contributed by atoms with van der Waals surface area (Å²) in [5.41, 5.74) is 0.827. The number of nitrogens with zero attached hydrogens (tertiary/aromatic N) is 3. The minimum absolute atomic E-state index is 0.175. The SMILES string of the molecule is CC(C)(O)c1nc(-c2cnc3[nH]ccc3c2N[C@H]2[C@@H]3CC4C[C@H]2C[C@@](O)(C4)C3)no1. The van der Waals surface area contributed by atoms with Gasteiger partial charge < -0.3 is 25.0 Å². The van der Waals surface area contributed by atoms with Crippen LogP contribution in [0.3, 0.4) is 0 Å². The average Bonchev–Trinajstić information content (AvgIpc) is 3.32. The maximum absolute atomic E-state index is 10.9. The van der Waals surface area contributed by atoms with Crippen molar-refractivity contribution in [3.8, 4) is 11.4 Å². The second-order valence-electron chi connectivity index (χ2n) is 10.1. The van der Waals surface area contributed by atoms with Gasteiger partial charge in [0.25, 0.3) is 5.89 Å². The number of nitrogens with one attached hydrogen (secondary N) is 2. The van der Waals surface area contributed by atoms with Crippen LogP contribution in [0.15, 0.2) is 23.0 Å². The molecular formula is C22H27N5O3. The zero-order valence-corrected chi connectivity index (χ0v) is 17.2. The van der Waals surface area contributed by atoms with E-state index in [0.29, 0.717) is 29.6 Å². The lowest BCUT2D eigenvalue weighted by Gasteiger charge is -2.58. The summed E-state index contributed by atoms with van der Waals surface area (Å²) in [6.45, 7) is 3.24. The van der Waals surface area contributed by atoms with Gasteiger partial charge in [-0.2, -0.15) is 4.98 Å². The number of hydrogen-bond acceptors (Lipinski definition) is 7. The van der Waals surface area contributed by atoms with Crippen LogP contribution < -0.4 is 5.32 Å². The van der Waals surface area contributed by atoms with Crippen molar-refractivity contribution in [3.63, 3.8) is 0 Å². The van der Waals surface area contributed by atoms with E-state index in [1.165, 1.54) is 12.8 Å². The van der Waals surface area contributed by atoms with E-state index in [9.17, 15) is 10.2 Å². The highest BCUT2D eigenvalue weighted by Gasteiger charge is 2.54. The van der Waals surface area contributed by atoms with Crippen molar-refractivity contribution in [1.29, 1.82) is 0 Å². The molecule has 30 heavy (non-hydrogen) atoms. The van der Waals surface area contributed by atoms with Crippen LogP contribution in [0.2, 0.25) is 0 Å². The molecule has 4 bridgehead atoms. The van der Waals surface area contributed by atoms with Gasteiger partial charge in [0.15, 0.2) is 0 Å². The van der Waals surface area contributed by atoms with Crippen molar-refractivity contribution in [2.75, 3.05) is 5.32 Å². The van der Waals surface area contributed by atoms with Crippen LogP contribution in [0.25, 0.3) is 22.4 Å². The number of anilines is 1. The lowest BCUT2D eigenvalue weighted by molar-refractivity contribution is -0.129. The van der Waals surface area contributed by atoms with Gasteiger partial charge in [-0.25, -0.2) is 4.98 Å². The summed E-state index contributed by atoms with van der Waals surface area (Å²) in [7, 11) is 0. The Hall–Kier alpha value is -2.45.